The zero-order valence-corrected chi connectivity index (χ0v) is 10.2. The highest BCUT2D eigenvalue weighted by Gasteiger charge is 2.33. The van der Waals surface area contributed by atoms with Gasteiger partial charge in [0.1, 0.15) is 18.3 Å². The normalized spacial score (nSPS) is 16.2. The Balaban J connectivity index is 0.000000428. The molecule has 0 bridgehead atoms. The first-order chi connectivity index (χ1) is 9.34. The highest BCUT2D eigenvalue weighted by atomic mass is 16.4. The quantitative estimate of drug-likeness (QED) is 0.313. The number of carbonyl (C=O) groups excluding carboxylic acids is 1. The number of aldehydes is 1. The van der Waals surface area contributed by atoms with Crippen molar-refractivity contribution in [3.63, 3.8) is 0 Å². The number of hydrogen-bond acceptors (Lipinski definition) is 8. The first kappa shape index (κ1) is 18.2. The van der Waals surface area contributed by atoms with E-state index >= 15 is 0 Å². The third-order valence-corrected chi connectivity index (χ3v) is 2.17. The lowest BCUT2D eigenvalue weighted by atomic mass is 10.0. The van der Waals surface area contributed by atoms with E-state index in [1.54, 1.807) is 12.1 Å². The Kier molecular flexibility index (Phi) is 8.36. The molecule has 0 unspecified atom stereocenters. The number of furan rings is 1. The fourth-order valence-electron chi connectivity index (χ4n) is 1.03. The minimum Gasteiger partial charge on any atom is -0.479 e. The van der Waals surface area contributed by atoms with Gasteiger partial charge in [0.25, 0.3) is 0 Å². The van der Waals surface area contributed by atoms with E-state index in [-0.39, 0.29) is 0 Å². The van der Waals surface area contributed by atoms with Gasteiger partial charge in [0.2, 0.25) is 0 Å². The Hall–Kier alpha value is -1.78. The topological polar surface area (TPSA) is 169 Å². The summed E-state index contributed by atoms with van der Waals surface area (Å²) in [4.78, 5) is 19.9. The number of carboxylic acid groups (broad SMARTS) is 1. The van der Waals surface area contributed by atoms with Crippen molar-refractivity contribution in [1.82, 2.24) is 0 Å². The molecule has 9 heteroatoms. The smallest absolute Gasteiger partial charge is 0.335 e. The summed E-state index contributed by atoms with van der Waals surface area (Å²) in [5.74, 6) is -1.35. The SMILES string of the molecule is O=C(O)[C@H](O)[C@@H](O)[C@H](O)[C@H](O)CO.O=Cc1ccco1. The molecule has 0 spiro atoms. The maximum Gasteiger partial charge on any atom is 0.335 e. The number of carbonyl (C=O) groups is 2. The summed E-state index contributed by atoms with van der Waals surface area (Å²) < 4.78 is 4.61. The average molecular weight is 292 g/mol. The molecule has 20 heavy (non-hydrogen) atoms. The monoisotopic (exact) mass is 292 g/mol. The molecule has 1 aromatic rings. The first-order valence-corrected chi connectivity index (χ1v) is 5.39. The largest absolute Gasteiger partial charge is 0.479 e. The maximum atomic E-state index is 10.1. The van der Waals surface area contributed by atoms with Crippen LogP contribution in [0.2, 0.25) is 0 Å². The molecule has 0 amide bonds. The molecule has 0 aromatic carbocycles. The zero-order chi connectivity index (χ0) is 15.7. The molecule has 4 atom stereocenters. The van der Waals surface area contributed by atoms with Crippen LogP contribution in [0.5, 0.6) is 0 Å². The minimum absolute atomic E-state index is 0.375. The van der Waals surface area contributed by atoms with Crippen LogP contribution in [0.1, 0.15) is 10.6 Å². The lowest BCUT2D eigenvalue weighted by molar-refractivity contribution is -0.164. The number of rotatable bonds is 6. The minimum atomic E-state index is -2.20. The second kappa shape index (κ2) is 9.18. The molecule has 0 aliphatic rings. The fraction of sp³-hybridized carbons (Fsp3) is 0.455. The van der Waals surface area contributed by atoms with Gasteiger partial charge >= 0.3 is 5.97 Å². The van der Waals surface area contributed by atoms with Crippen molar-refractivity contribution in [2.24, 2.45) is 0 Å². The number of hydrogen-bond donors (Lipinski definition) is 6. The van der Waals surface area contributed by atoms with Crippen molar-refractivity contribution in [3.05, 3.63) is 24.2 Å². The summed E-state index contributed by atoms with van der Waals surface area (Å²) in [6, 6.07) is 3.27. The third-order valence-electron chi connectivity index (χ3n) is 2.17. The zero-order valence-electron chi connectivity index (χ0n) is 10.2. The van der Waals surface area contributed by atoms with Gasteiger partial charge in [-0.15, -0.1) is 0 Å². The summed E-state index contributed by atoms with van der Waals surface area (Å²) in [6.45, 7) is -0.843. The van der Waals surface area contributed by atoms with Crippen molar-refractivity contribution in [2.75, 3.05) is 6.61 Å². The summed E-state index contributed by atoms with van der Waals surface area (Å²) in [5, 5.41) is 51.8. The lowest BCUT2D eigenvalue weighted by Crippen LogP contribution is -2.48. The number of aliphatic hydroxyl groups excluding tert-OH is 5. The van der Waals surface area contributed by atoms with Crippen LogP contribution in [0.25, 0.3) is 0 Å². The Morgan fingerprint density at radius 3 is 2.15 bits per heavy atom. The molecule has 114 valence electrons. The number of carboxylic acids is 1. The van der Waals surface area contributed by atoms with Gasteiger partial charge in [-0.05, 0) is 12.1 Å². The summed E-state index contributed by atoms with van der Waals surface area (Å²) in [7, 11) is 0. The second-order valence-corrected chi connectivity index (χ2v) is 3.65. The third kappa shape index (κ3) is 5.91. The van der Waals surface area contributed by atoms with Gasteiger partial charge in [-0.3, -0.25) is 4.79 Å². The molecule has 0 saturated carbocycles. The molecule has 9 nitrogen and oxygen atoms in total. The van der Waals surface area contributed by atoms with Gasteiger partial charge in [-0.2, -0.15) is 0 Å². The average Bonchev–Trinajstić information content (AvgIpc) is 2.97. The van der Waals surface area contributed by atoms with Gasteiger partial charge in [-0.1, -0.05) is 0 Å². The summed E-state index contributed by atoms with van der Waals surface area (Å²) in [6.07, 6.45) is -5.71. The van der Waals surface area contributed by atoms with E-state index in [0.717, 1.165) is 0 Å². The van der Waals surface area contributed by atoms with Gasteiger partial charge in [-0.25, -0.2) is 4.79 Å². The van der Waals surface area contributed by atoms with Crippen molar-refractivity contribution in [3.8, 4) is 0 Å². The molecular formula is C11H16O9. The highest BCUT2D eigenvalue weighted by molar-refractivity contribution is 5.72. The fourth-order valence-corrected chi connectivity index (χ4v) is 1.03. The molecule has 0 aliphatic heterocycles. The Bertz CT molecular complexity index is 389. The van der Waals surface area contributed by atoms with Crippen LogP contribution in [-0.2, 0) is 4.79 Å². The predicted molar refractivity (Wildman–Crippen MR) is 62.8 cm³/mol. The first-order valence-electron chi connectivity index (χ1n) is 5.39. The van der Waals surface area contributed by atoms with E-state index in [1.807, 2.05) is 0 Å². The molecule has 0 saturated heterocycles. The van der Waals surface area contributed by atoms with Crippen LogP contribution in [0.3, 0.4) is 0 Å². The lowest BCUT2D eigenvalue weighted by Gasteiger charge is -2.23. The van der Waals surface area contributed by atoms with Crippen molar-refractivity contribution in [1.29, 1.82) is 0 Å². The Morgan fingerprint density at radius 2 is 1.85 bits per heavy atom. The van der Waals surface area contributed by atoms with E-state index in [9.17, 15) is 9.59 Å². The van der Waals surface area contributed by atoms with Gasteiger partial charge in [0.05, 0.1) is 12.9 Å². The van der Waals surface area contributed by atoms with Gasteiger partial charge in [0, 0.05) is 0 Å². The van der Waals surface area contributed by atoms with Gasteiger partial charge in [0.15, 0.2) is 18.2 Å². The van der Waals surface area contributed by atoms with E-state index in [1.165, 1.54) is 6.26 Å². The Morgan fingerprint density at radius 1 is 1.25 bits per heavy atom. The van der Waals surface area contributed by atoms with Crippen molar-refractivity contribution in [2.45, 2.75) is 24.4 Å². The molecule has 0 fully saturated rings. The van der Waals surface area contributed by atoms with Crippen LogP contribution < -0.4 is 0 Å². The molecule has 0 aliphatic carbocycles. The van der Waals surface area contributed by atoms with Gasteiger partial charge < -0.3 is 35.1 Å². The van der Waals surface area contributed by atoms with E-state index in [0.29, 0.717) is 12.0 Å². The highest BCUT2D eigenvalue weighted by Crippen LogP contribution is 2.04. The van der Waals surface area contributed by atoms with Crippen LogP contribution in [-0.4, -0.2) is 73.9 Å². The molecule has 6 N–H and O–H groups in total. The van der Waals surface area contributed by atoms with Crippen LogP contribution in [0, 0.1) is 0 Å². The molecule has 1 rings (SSSR count). The predicted octanol–water partition coefficient (Wildman–Crippen LogP) is -2.40. The van der Waals surface area contributed by atoms with E-state index in [4.69, 9.17) is 30.6 Å². The van der Waals surface area contributed by atoms with Crippen molar-refractivity contribution >= 4 is 12.3 Å². The standard InChI is InChI=1S/C6H12O7.C5H4O2/c7-1-2(8)3(9)4(10)5(11)6(12)13;6-4-5-2-1-3-7-5/h2-5,7-11H,1H2,(H,12,13);1-4H/t2-,3-,4+,5-;/m1./s1. The molecule has 0 radical (unpaired) electrons. The molecule has 1 aromatic heterocycles. The summed E-state index contributed by atoms with van der Waals surface area (Å²) >= 11 is 0. The second-order valence-electron chi connectivity index (χ2n) is 3.65. The Labute approximate surface area is 113 Å². The van der Waals surface area contributed by atoms with E-state index in [2.05, 4.69) is 4.42 Å². The van der Waals surface area contributed by atoms with Crippen molar-refractivity contribution < 1.29 is 44.6 Å². The molecular weight excluding hydrogens is 276 g/mol. The van der Waals surface area contributed by atoms with Crippen LogP contribution in [0.15, 0.2) is 22.8 Å². The van der Waals surface area contributed by atoms with Crippen LogP contribution in [0.4, 0.5) is 0 Å². The number of aliphatic carboxylic acids is 1. The summed E-state index contributed by atoms with van der Waals surface area (Å²) in [5.41, 5.74) is 0. The van der Waals surface area contributed by atoms with Crippen LogP contribution >= 0.6 is 0 Å². The molecule has 1 heterocycles. The maximum absolute atomic E-state index is 10.1. The van der Waals surface area contributed by atoms with E-state index < -0.39 is 37.0 Å². The number of aliphatic hydroxyl groups is 5.